The number of amides is 1. The van der Waals surface area contributed by atoms with Crippen molar-refractivity contribution in [3.8, 4) is 6.07 Å². The maximum Gasteiger partial charge on any atom is 0.238 e. The summed E-state index contributed by atoms with van der Waals surface area (Å²) in [6.07, 6.45) is 1.65. The van der Waals surface area contributed by atoms with Crippen LogP contribution in [0.3, 0.4) is 0 Å². The summed E-state index contributed by atoms with van der Waals surface area (Å²) in [4.78, 5) is 12.0. The lowest BCUT2D eigenvalue weighted by Crippen LogP contribution is -2.45. The van der Waals surface area contributed by atoms with Gasteiger partial charge < -0.3 is 10.6 Å². The molecule has 0 unspecified atom stereocenters. The molecule has 1 aliphatic carbocycles. The second-order valence-electron chi connectivity index (χ2n) is 6.23. The van der Waals surface area contributed by atoms with Crippen LogP contribution in [0, 0.1) is 17.2 Å². The molecule has 2 fully saturated rings. The number of rotatable bonds is 5. The molecular formula is C13H22ClN3O3S. The van der Waals surface area contributed by atoms with Crippen molar-refractivity contribution in [2.75, 3.05) is 12.3 Å². The number of hydrogen-bond donors (Lipinski definition) is 2. The summed E-state index contributed by atoms with van der Waals surface area (Å²) < 4.78 is 24.3. The van der Waals surface area contributed by atoms with Gasteiger partial charge in [0.05, 0.1) is 23.1 Å². The van der Waals surface area contributed by atoms with E-state index in [0.717, 1.165) is 0 Å². The van der Waals surface area contributed by atoms with E-state index >= 15 is 0 Å². The molecule has 120 valence electrons. The van der Waals surface area contributed by atoms with E-state index in [-0.39, 0.29) is 30.0 Å². The van der Waals surface area contributed by atoms with Crippen LogP contribution in [0.1, 0.15) is 33.1 Å². The third-order valence-corrected chi connectivity index (χ3v) is 6.31. The van der Waals surface area contributed by atoms with Crippen LogP contribution < -0.4 is 10.6 Å². The zero-order valence-corrected chi connectivity index (χ0v) is 13.9. The average Bonchev–Trinajstić information content (AvgIpc) is 2.91. The second kappa shape index (κ2) is 6.51. The molecule has 1 saturated carbocycles. The number of sulfone groups is 1. The molecule has 0 aromatic carbocycles. The Morgan fingerprint density at radius 1 is 1.48 bits per heavy atom. The van der Waals surface area contributed by atoms with Crippen molar-refractivity contribution in [2.45, 2.75) is 49.9 Å². The number of nitrogens with one attached hydrogen (secondary N) is 2. The van der Waals surface area contributed by atoms with E-state index in [4.69, 9.17) is 5.26 Å². The highest BCUT2D eigenvalue weighted by Crippen LogP contribution is 2.34. The fourth-order valence-electron chi connectivity index (χ4n) is 2.49. The minimum Gasteiger partial charge on any atom is -0.336 e. The molecular weight excluding hydrogens is 314 g/mol. The van der Waals surface area contributed by atoms with Crippen LogP contribution in [0.5, 0.6) is 0 Å². The van der Waals surface area contributed by atoms with Crippen molar-refractivity contribution < 1.29 is 13.2 Å². The Morgan fingerprint density at radius 3 is 2.57 bits per heavy atom. The molecule has 6 nitrogen and oxygen atoms in total. The van der Waals surface area contributed by atoms with Crippen molar-refractivity contribution in [1.29, 1.82) is 5.26 Å². The molecule has 0 radical (unpaired) electrons. The molecule has 2 N–H and O–H groups in total. The van der Waals surface area contributed by atoms with Crippen LogP contribution in [0.2, 0.25) is 0 Å². The number of carbonyl (C=O) groups is 1. The second-order valence-corrected chi connectivity index (χ2v) is 8.55. The normalized spacial score (nSPS) is 26.8. The van der Waals surface area contributed by atoms with Gasteiger partial charge in [0, 0.05) is 6.54 Å². The molecule has 0 bridgehead atoms. The molecule has 1 heterocycles. The van der Waals surface area contributed by atoms with Crippen LogP contribution in [0.25, 0.3) is 0 Å². The lowest BCUT2D eigenvalue weighted by molar-refractivity contribution is -0.123. The first-order valence-electron chi connectivity index (χ1n) is 6.96. The molecule has 0 aromatic rings. The van der Waals surface area contributed by atoms with Gasteiger partial charge in [-0.15, -0.1) is 12.4 Å². The summed E-state index contributed by atoms with van der Waals surface area (Å²) in [6, 6.07) is 1.59. The minimum atomic E-state index is -3.17. The maximum atomic E-state index is 12.1. The van der Waals surface area contributed by atoms with Gasteiger partial charge in [-0.1, -0.05) is 13.8 Å². The van der Waals surface area contributed by atoms with E-state index in [1.165, 1.54) is 0 Å². The van der Waals surface area contributed by atoms with Crippen LogP contribution in [0.4, 0.5) is 0 Å². The first-order valence-corrected chi connectivity index (χ1v) is 8.68. The number of hydrogen-bond acceptors (Lipinski definition) is 5. The molecule has 1 amide bonds. The zero-order chi connectivity index (χ0) is 15.0. The number of carbonyl (C=O) groups excluding carboxylic acids is 1. The monoisotopic (exact) mass is 335 g/mol. The van der Waals surface area contributed by atoms with E-state index in [0.29, 0.717) is 25.8 Å². The van der Waals surface area contributed by atoms with E-state index in [1.54, 1.807) is 0 Å². The molecule has 21 heavy (non-hydrogen) atoms. The third-order valence-electron chi connectivity index (χ3n) is 3.81. The van der Waals surface area contributed by atoms with Crippen molar-refractivity contribution >= 4 is 28.2 Å². The summed E-state index contributed by atoms with van der Waals surface area (Å²) in [5.74, 6) is -0.0250. The lowest BCUT2D eigenvalue weighted by Gasteiger charge is -2.15. The molecule has 1 saturated heterocycles. The maximum absolute atomic E-state index is 12.1. The van der Waals surface area contributed by atoms with Gasteiger partial charge in [-0.05, 0) is 25.2 Å². The van der Waals surface area contributed by atoms with Crippen LogP contribution >= 0.6 is 12.4 Å². The van der Waals surface area contributed by atoms with Crippen LogP contribution in [0.15, 0.2) is 0 Å². The predicted octanol–water partition coefficient (Wildman–Crippen LogP) is 0.382. The fraction of sp³-hybridized carbons (Fsp3) is 0.846. The van der Waals surface area contributed by atoms with E-state index in [9.17, 15) is 13.2 Å². The number of nitrogens with zero attached hydrogens (tertiary/aromatic N) is 1. The average molecular weight is 336 g/mol. The zero-order valence-electron chi connectivity index (χ0n) is 12.3. The first kappa shape index (κ1) is 18.2. The van der Waals surface area contributed by atoms with Gasteiger partial charge in [-0.25, -0.2) is 8.42 Å². The van der Waals surface area contributed by atoms with Gasteiger partial charge in [0.15, 0.2) is 9.84 Å². The molecule has 1 aliphatic heterocycles. The molecule has 8 heteroatoms. The van der Waals surface area contributed by atoms with Crippen molar-refractivity contribution in [2.24, 2.45) is 5.92 Å². The highest BCUT2D eigenvalue weighted by atomic mass is 35.5. The van der Waals surface area contributed by atoms with Crippen LogP contribution in [-0.2, 0) is 14.6 Å². The topological polar surface area (TPSA) is 99.1 Å². The summed E-state index contributed by atoms with van der Waals surface area (Å²) >= 11 is 0. The van der Waals surface area contributed by atoms with Crippen molar-refractivity contribution in [3.63, 3.8) is 0 Å². The van der Waals surface area contributed by atoms with E-state index in [1.807, 2.05) is 13.8 Å². The summed E-state index contributed by atoms with van der Waals surface area (Å²) in [7, 11) is -3.17. The lowest BCUT2D eigenvalue weighted by atomic mass is 10.2. The summed E-state index contributed by atoms with van der Waals surface area (Å²) in [5.41, 5.74) is -0.701. The predicted molar refractivity (Wildman–Crippen MR) is 81.8 cm³/mol. The highest BCUT2D eigenvalue weighted by Gasteiger charge is 2.47. The van der Waals surface area contributed by atoms with Gasteiger partial charge in [0.1, 0.15) is 5.54 Å². The van der Waals surface area contributed by atoms with Gasteiger partial charge in [-0.3, -0.25) is 4.79 Å². The quantitative estimate of drug-likeness (QED) is 0.756. The molecule has 0 spiro atoms. The Labute approximate surface area is 132 Å². The number of nitriles is 1. The molecule has 2 atom stereocenters. The minimum absolute atomic E-state index is 0. The smallest absolute Gasteiger partial charge is 0.238 e. The summed E-state index contributed by atoms with van der Waals surface area (Å²) in [5, 5.41) is 14.1. The van der Waals surface area contributed by atoms with E-state index in [2.05, 4.69) is 16.7 Å². The van der Waals surface area contributed by atoms with Gasteiger partial charge in [-0.2, -0.15) is 5.26 Å². The Bertz CT molecular complexity index is 537. The van der Waals surface area contributed by atoms with Crippen molar-refractivity contribution in [1.82, 2.24) is 10.6 Å². The largest absolute Gasteiger partial charge is 0.336 e. The van der Waals surface area contributed by atoms with E-state index < -0.39 is 26.7 Å². The molecule has 2 aliphatic rings. The standard InChI is InChI=1S/C13H21N3O3S.ClH/c1-9(2)7-20(18,19)10-5-11(15-6-10)12(17)16-13(8-14)3-4-13;/h9-11,15H,3-7H2,1-2H3,(H,16,17);1H/t10-,11+;/m1./s1. The highest BCUT2D eigenvalue weighted by molar-refractivity contribution is 7.92. The first-order chi connectivity index (χ1) is 9.28. The Balaban J connectivity index is 0.00000220. The Morgan fingerprint density at radius 2 is 2.10 bits per heavy atom. The van der Waals surface area contributed by atoms with Gasteiger partial charge in [0.2, 0.25) is 5.91 Å². The summed E-state index contributed by atoms with van der Waals surface area (Å²) in [6.45, 7) is 4.05. The van der Waals surface area contributed by atoms with Gasteiger partial charge >= 0.3 is 0 Å². The Hall–Kier alpha value is -0.840. The van der Waals surface area contributed by atoms with Crippen LogP contribution in [-0.4, -0.2) is 43.5 Å². The SMILES string of the molecule is CC(C)CS(=O)(=O)[C@H]1CN[C@H](C(=O)NC2(C#N)CC2)C1.Cl. The number of halogens is 1. The van der Waals surface area contributed by atoms with Crippen molar-refractivity contribution in [3.05, 3.63) is 0 Å². The third kappa shape index (κ3) is 4.31. The fourth-order valence-corrected chi connectivity index (χ4v) is 4.53. The van der Waals surface area contributed by atoms with Gasteiger partial charge in [0.25, 0.3) is 0 Å². The molecule has 2 rings (SSSR count). The Kier molecular flexibility index (Phi) is 5.64. The molecule has 0 aromatic heterocycles.